The third-order valence-electron chi connectivity index (χ3n) is 3.61. The molecule has 0 spiro atoms. The molecule has 0 saturated carbocycles. The van der Waals surface area contributed by atoms with Crippen LogP contribution in [0.15, 0.2) is 0 Å². The fraction of sp³-hybridized carbons (Fsp3) is 0.917. The van der Waals surface area contributed by atoms with Crippen LogP contribution in [0.3, 0.4) is 0 Å². The zero-order valence-corrected chi connectivity index (χ0v) is 10.1. The van der Waals surface area contributed by atoms with E-state index >= 15 is 0 Å². The van der Waals surface area contributed by atoms with Crippen LogP contribution < -0.4 is 5.32 Å². The molecule has 0 bridgehead atoms. The highest BCUT2D eigenvalue weighted by atomic mass is 16.5. The van der Waals surface area contributed by atoms with E-state index in [4.69, 9.17) is 4.74 Å². The Morgan fingerprint density at radius 1 is 1.44 bits per heavy atom. The normalized spacial score (nSPS) is 29.9. The number of likely N-dealkylation sites (tertiary alicyclic amines) is 1. The van der Waals surface area contributed by atoms with E-state index < -0.39 is 0 Å². The average molecular weight is 226 g/mol. The fourth-order valence-corrected chi connectivity index (χ4v) is 2.83. The average Bonchev–Trinajstić information content (AvgIpc) is 2.94. The summed E-state index contributed by atoms with van der Waals surface area (Å²) < 4.78 is 5.21. The van der Waals surface area contributed by atoms with Crippen molar-refractivity contribution in [3.05, 3.63) is 0 Å². The van der Waals surface area contributed by atoms with Crippen LogP contribution in [0.4, 0.5) is 0 Å². The molecule has 2 rings (SSSR count). The molecule has 2 heterocycles. The van der Waals surface area contributed by atoms with Crippen molar-refractivity contribution in [2.75, 3.05) is 26.3 Å². The number of nitrogens with zero attached hydrogens (tertiary/aromatic N) is 1. The van der Waals surface area contributed by atoms with Crippen molar-refractivity contribution in [1.29, 1.82) is 0 Å². The Balaban J connectivity index is 1.89. The zero-order valence-electron chi connectivity index (χ0n) is 10.1. The van der Waals surface area contributed by atoms with Gasteiger partial charge in [-0.25, -0.2) is 0 Å². The van der Waals surface area contributed by atoms with E-state index in [0.29, 0.717) is 18.7 Å². The van der Waals surface area contributed by atoms with Gasteiger partial charge in [-0.3, -0.25) is 4.79 Å². The van der Waals surface area contributed by atoms with Gasteiger partial charge in [0, 0.05) is 25.2 Å². The van der Waals surface area contributed by atoms with Crippen LogP contribution in [-0.4, -0.2) is 49.2 Å². The molecular weight excluding hydrogens is 204 g/mol. The van der Waals surface area contributed by atoms with E-state index in [9.17, 15) is 4.79 Å². The molecule has 2 atom stereocenters. The van der Waals surface area contributed by atoms with Crippen molar-refractivity contribution in [2.45, 2.75) is 44.7 Å². The highest BCUT2D eigenvalue weighted by molar-refractivity contribution is 5.78. The predicted octanol–water partition coefficient (Wildman–Crippen LogP) is 0.766. The van der Waals surface area contributed by atoms with Crippen molar-refractivity contribution in [1.82, 2.24) is 10.2 Å². The largest absolute Gasteiger partial charge is 0.372 e. The molecule has 2 aliphatic heterocycles. The molecule has 0 aromatic carbocycles. The lowest BCUT2D eigenvalue weighted by atomic mass is 10.0. The number of ether oxygens (including phenoxy) is 1. The van der Waals surface area contributed by atoms with Crippen molar-refractivity contribution in [2.24, 2.45) is 0 Å². The first kappa shape index (κ1) is 11.9. The molecule has 2 aliphatic rings. The lowest BCUT2D eigenvalue weighted by Gasteiger charge is -2.29. The Morgan fingerprint density at radius 3 is 3.00 bits per heavy atom. The van der Waals surface area contributed by atoms with Gasteiger partial charge in [0.05, 0.1) is 0 Å². The van der Waals surface area contributed by atoms with Gasteiger partial charge in [0.25, 0.3) is 0 Å². The van der Waals surface area contributed by atoms with Crippen LogP contribution in [0.5, 0.6) is 0 Å². The summed E-state index contributed by atoms with van der Waals surface area (Å²) in [4.78, 5) is 14.0. The van der Waals surface area contributed by atoms with Crippen LogP contribution in [0.1, 0.15) is 32.6 Å². The van der Waals surface area contributed by atoms with Gasteiger partial charge in [-0.05, 0) is 39.2 Å². The van der Waals surface area contributed by atoms with Crippen molar-refractivity contribution in [3.63, 3.8) is 0 Å². The van der Waals surface area contributed by atoms with Crippen LogP contribution >= 0.6 is 0 Å². The van der Waals surface area contributed by atoms with Gasteiger partial charge >= 0.3 is 0 Å². The molecular formula is C12H22N2O2. The molecule has 1 N–H and O–H groups in total. The number of hydrogen-bond donors (Lipinski definition) is 1. The molecule has 4 heteroatoms. The minimum Gasteiger partial charge on any atom is -0.372 e. The number of amides is 1. The van der Waals surface area contributed by atoms with Gasteiger partial charge in [0.15, 0.2) is 0 Å². The van der Waals surface area contributed by atoms with Crippen LogP contribution in [0.25, 0.3) is 0 Å². The fourth-order valence-electron chi connectivity index (χ4n) is 2.83. The molecule has 2 fully saturated rings. The zero-order chi connectivity index (χ0) is 11.4. The third-order valence-corrected chi connectivity index (χ3v) is 3.61. The lowest BCUT2D eigenvalue weighted by Crippen LogP contribution is -2.47. The van der Waals surface area contributed by atoms with Crippen molar-refractivity contribution < 1.29 is 9.53 Å². The van der Waals surface area contributed by atoms with E-state index in [1.54, 1.807) is 0 Å². The van der Waals surface area contributed by atoms with E-state index in [0.717, 1.165) is 25.9 Å². The highest BCUT2D eigenvalue weighted by Crippen LogP contribution is 2.24. The van der Waals surface area contributed by atoms with Gasteiger partial charge < -0.3 is 15.0 Å². The van der Waals surface area contributed by atoms with Gasteiger partial charge in [-0.2, -0.15) is 0 Å². The minimum atomic E-state index is 0.165. The Morgan fingerprint density at radius 2 is 2.31 bits per heavy atom. The van der Waals surface area contributed by atoms with Crippen molar-refractivity contribution >= 4 is 5.91 Å². The van der Waals surface area contributed by atoms with Gasteiger partial charge in [-0.15, -0.1) is 0 Å². The minimum absolute atomic E-state index is 0.165. The van der Waals surface area contributed by atoms with Crippen LogP contribution in [0.2, 0.25) is 0 Å². The summed E-state index contributed by atoms with van der Waals surface area (Å²) in [6.45, 7) is 4.81. The molecule has 2 unspecified atom stereocenters. The number of nitrogens with one attached hydrogen (secondary N) is 1. The topological polar surface area (TPSA) is 41.6 Å². The maximum atomic E-state index is 11.9. The van der Waals surface area contributed by atoms with E-state index in [1.807, 2.05) is 11.8 Å². The van der Waals surface area contributed by atoms with Crippen LogP contribution in [0, 0.1) is 0 Å². The Bertz CT molecular complexity index is 239. The maximum Gasteiger partial charge on any atom is 0.248 e. The number of rotatable bonds is 4. The molecule has 16 heavy (non-hydrogen) atoms. The number of carbonyl (C=O) groups is 1. The summed E-state index contributed by atoms with van der Waals surface area (Å²) in [6.07, 6.45) is 4.74. The second kappa shape index (κ2) is 5.64. The molecule has 0 aromatic heterocycles. The Labute approximate surface area is 97.3 Å². The summed E-state index contributed by atoms with van der Waals surface area (Å²) in [6, 6.07) is 0.934. The first-order valence-electron chi connectivity index (χ1n) is 6.43. The monoisotopic (exact) mass is 226 g/mol. The molecule has 1 amide bonds. The molecule has 2 saturated heterocycles. The summed E-state index contributed by atoms with van der Waals surface area (Å²) in [5, 5.41) is 3.50. The van der Waals surface area contributed by atoms with E-state index in [1.165, 1.54) is 12.8 Å². The van der Waals surface area contributed by atoms with E-state index in [2.05, 4.69) is 5.32 Å². The van der Waals surface area contributed by atoms with Gasteiger partial charge in [0.1, 0.15) is 6.61 Å². The summed E-state index contributed by atoms with van der Waals surface area (Å²) in [7, 11) is 0. The Hall–Kier alpha value is -0.610. The molecule has 0 radical (unpaired) electrons. The first-order valence-corrected chi connectivity index (χ1v) is 6.43. The van der Waals surface area contributed by atoms with Crippen LogP contribution in [-0.2, 0) is 9.53 Å². The SMILES string of the molecule is CCOCC(=O)N1CCCC1C1CCCN1. The smallest absolute Gasteiger partial charge is 0.248 e. The number of hydrogen-bond acceptors (Lipinski definition) is 3. The van der Waals surface area contributed by atoms with Gasteiger partial charge in [0.2, 0.25) is 5.91 Å². The molecule has 92 valence electrons. The highest BCUT2D eigenvalue weighted by Gasteiger charge is 2.35. The predicted molar refractivity (Wildman–Crippen MR) is 62.3 cm³/mol. The van der Waals surface area contributed by atoms with Crippen molar-refractivity contribution in [3.8, 4) is 0 Å². The van der Waals surface area contributed by atoms with E-state index in [-0.39, 0.29) is 12.5 Å². The second-order valence-electron chi connectivity index (χ2n) is 4.64. The molecule has 0 aliphatic carbocycles. The summed E-state index contributed by atoms with van der Waals surface area (Å²) in [5.41, 5.74) is 0. The third kappa shape index (κ3) is 2.55. The number of carbonyl (C=O) groups excluding carboxylic acids is 1. The standard InChI is InChI=1S/C12H22N2O2/c1-2-16-9-12(15)14-8-4-6-11(14)10-5-3-7-13-10/h10-11,13H,2-9H2,1H3. The summed E-state index contributed by atoms with van der Waals surface area (Å²) >= 11 is 0. The molecule has 4 nitrogen and oxygen atoms in total. The summed E-state index contributed by atoms with van der Waals surface area (Å²) in [5.74, 6) is 0.165. The maximum absolute atomic E-state index is 11.9. The lowest BCUT2D eigenvalue weighted by molar-refractivity contribution is -0.137. The van der Waals surface area contributed by atoms with Gasteiger partial charge in [-0.1, -0.05) is 0 Å². The quantitative estimate of drug-likeness (QED) is 0.769. The first-order chi connectivity index (χ1) is 7.83. The second-order valence-corrected chi connectivity index (χ2v) is 4.64. The molecule has 0 aromatic rings. The Kier molecular flexibility index (Phi) is 4.18.